The van der Waals surface area contributed by atoms with Crippen LogP contribution >= 0.6 is 0 Å². The number of ether oxygens (including phenoxy) is 1. The molecule has 3 rings (SSSR count). The molecule has 11 heteroatoms. The van der Waals surface area contributed by atoms with Gasteiger partial charge in [0.25, 0.3) is 0 Å². The number of hydrogen-bond donors (Lipinski definition) is 0. The van der Waals surface area contributed by atoms with Crippen molar-refractivity contribution in [2.24, 2.45) is 0 Å². The Morgan fingerprint density at radius 1 is 1.03 bits per heavy atom. The Kier molecular flexibility index (Phi) is 5.83. The van der Waals surface area contributed by atoms with Crippen molar-refractivity contribution in [3.05, 3.63) is 76.7 Å². The van der Waals surface area contributed by atoms with Crippen molar-refractivity contribution in [1.82, 2.24) is 9.78 Å². The Bertz CT molecular complexity index is 1190. The molecule has 0 amide bonds. The van der Waals surface area contributed by atoms with Gasteiger partial charge in [-0.2, -0.15) is 26.7 Å². The molecule has 0 radical (unpaired) electrons. The zero-order chi connectivity index (χ0) is 21.9. The second-order valence-corrected chi connectivity index (χ2v) is 7.59. The third-order valence-corrected chi connectivity index (χ3v) is 5.01. The minimum absolute atomic E-state index is 0.0923. The molecule has 0 fully saturated rings. The summed E-state index contributed by atoms with van der Waals surface area (Å²) >= 11 is 0. The number of alkyl halides is 3. The molecule has 0 aliphatic heterocycles. The molecular formula is C19H15F3N2O5S. The van der Waals surface area contributed by atoms with Crippen LogP contribution in [0, 0.1) is 0 Å². The van der Waals surface area contributed by atoms with Crippen LogP contribution in [0.1, 0.15) is 5.56 Å². The summed E-state index contributed by atoms with van der Waals surface area (Å²) in [6, 6.07) is 14.4. The number of halogens is 3. The Balaban J connectivity index is 2.14. The first-order valence-corrected chi connectivity index (χ1v) is 9.82. The predicted octanol–water partition coefficient (Wildman–Crippen LogP) is 3.20. The fraction of sp³-hybridized carbons (Fsp3) is 0.158. The SMILES string of the molecule is COc1ccc(-c2cnn(Cc3ccccc3)c(=O)c2OS(=O)(=O)C(F)(F)F)cc1. The summed E-state index contributed by atoms with van der Waals surface area (Å²) in [7, 11) is -4.65. The van der Waals surface area contributed by atoms with Crippen LogP contribution in [0.25, 0.3) is 11.1 Å². The van der Waals surface area contributed by atoms with Crippen molar-refractivity contribution < 1.29 is 30.5 Å². The number of rotatable bonds is 6. The quantitative estimate of drug-likeness (QED) is 0.432. The van der Waals surface area contributed by atoms with Gasteiger partial charge >= 0.3 is 21.2 Å². The van der Waals surface area contributed by atoms with Gasteiger partial charge in [-0.3, -0.25) is 4.79 Å². The average molecular weight is 440 g/mol. The van der Waals surface area contributed by atoms with Crippen molar-refractivity contribution in [3.63, 3.8) is 0 Å². The van der Waals surface area contributed by atoms with Gasteiger partial charge in [0, 0.05) is 0 Å². The van der Waals surface area contributed by atoms with E-state index in [1.807, 2.05) is 0 Å². The van der Waals surface area contributed by atoms with E-state index in [4.69, 9.17) is 4.74 Å². The highest BCUT2D eigenvalue weighted by Gasteiger charge is 2.49. The molecule has 1 aromatic heterocycles. The monoisotopic (exact) mass is 440 g/mol. The number of aromatic nitrogens is 2. The fourth-order valence-corrected chi connectivity index (χ4v) is 3.03. The minimum Gasteiger partial charge on any atom is -0.497 e. The highest BCUT2D eigenvalue weighted by molar-refractivity contribution is 7.88. The first kappa shape index (κ1) is 21.4. The van der Waals surface area contributed by atoms with Crippen LogP contribution in [-0.2, 0) is 16.7 Å². The molecule has 0 aliphatic rings. The van der Waals surface area contributed by atoms with E-state index in [1.165, 1.54) is 31.4 Å². The summed E-state index contributed by atoms with van der Waals surface area (Å²) in [5.74, 6) is -0.544. The van der Waals surface area contributed by atoms with Gasteiger partial charge in [0.05, 0.1) is 25.4 Å². The molecule has 30 heavy (non-hydrogen) atoms. The maximum atomic E-state index is 12.9. The van der Waals surface area contributed by atoms with E-state index >= 15 is 0 Å². The maximum absolute atomic E-state index is 12.9. The van der Waals surface area contributed by atoms with Crippen molar-refractivity contribution in [2.45, 2.75) is 12.1 Å². The standard InChI is InChI=1S/C19H15F3N2O5S/c1-28-15-9-7-14(8-10-15)16-11-23-24(12-13-5-3-2-4-6-13)18(25)17(16)29-30(26,27)19(20,21)22/h2-11H,12H2,1H3. The van der Waals surface area contributed by atoms with Crippen LogP contribution in [0.2, 0.25) is 0 Å². The molecule has 0 atom stereocenters. The third kappa shape index (κ3) is 4.46. The van der Waals surface area contributed by atoms with Gasteiger partial charge < -0.3 is 8.92 Å². The molecule has 2 aromatic carbocycles. The van der Waals surface area contributed by atoms with Crippen molar-refractivity contribution in [2.75, 3.05) is 7.11 Å². The third-order valence-electron chi connectivity index (χ3n) is 4.05. The van der Waals surface area contributed by atoms with Gasteiger partial charge in [-0.15, -0.1) is 0 Å². The number of nitrogens with zero attached hydrogens (tertiary/aromatic N) is 2. The van der Waals surface area contributed by atoms with Gasteiger partial charge in [0.15, 0.2) is 0 Å². The van der Waals surface area contributed by atoms with Gasteiger partial charge in [-0.1, -0.05) is 42.5 Å². The zero-order valence-electron chi connectivity index (χ0n) is 15.5. The average Bonchev–Trinajstić information content (AvgIpc) is 2.71. The molecule has 0 bridgehead atoms. The Labute approximate surface area is 169 Å². The summed E-state index contributed by atoms with van der Waals surface area (Å²) in [5.41, 5.74) is -6.18. The zero-order valence-corrected chi connectivity index (χ0v) is 16.3. The van der Waals surface area contributed by atoms with E-state index in [-0.39, 0.29) is 17.7 Å². The van der Waals surface area contributed by atoms with Crippen LogP contribution in [0.15, 0.2) is 65.6 Å². The number of hydrogen-bond acceptors (Lipinski definition) is 6. The Morgan fingerprint density at radius 2 is 1.67 bits per heavy atom. The predicted molar refractivity (Wildman–Crippen MR) is 102 cm³/mol. The van der Waals surface area contributed by atoms with Gasteiger partial charge in [-0.05, 0) is 23.3 Å². The van der Waals surface area contributed by atoms with Crippen LogP contribution in [0.4, 0.5) is 13.2 Å². The summed E-state index contributed by atoms with van der Waals surface area (Å²) in [6.07, 6.45) is 1.08. The van der Waals surface area contributed by atoms with E-state index in [0.717, 1.165) is 10.9 Å². The lowest BCUT2D eigenvalue weighted by Gasteiger charge is -2.14. The molecule has 1 heterocycles. The van der Waals surface area contributed by atoms with E-state index in [2.05, 4.69) is 9.28 Å². The smallest absolute Gasteiger partial charge is 0.497 e. The largest absolute Gasteiger partial charge is 0.534 e. The molecule has 7 nitrogen and oxygen atoms in total. The number of benzene rings is 2. The highest BCUT2D eigenvalue weighted by Crippen LogP contribution is 2.32. The van der Waals surface area contributed by atoms with Gasteiger partial charge in [0.2, 0.25) is 5.75 Å². The van der Waals surface area contributed by atoms with Gasteiger partial charge in [0.1, 0.15) is 5.75 Å². The minimum atomic E-state index is -6.07. The van der Waals surface area contributed by atoms with E-state index in [0.29, 0.717) is 11.3 Å². The van der Waals surface area contributed by atoms with Gasteiger partial charge in [-0.25, -0.2) is 4.68 Å². The van der Waals surface area contributed by atoms with Crippen LogP contribution < -0.4 is 14.5 Å². The van der Waals surface area contributed by atoms with Crippen LogP contribution in [0.3, 0.4) is 0 Å². The summed E-state index contributed by atoms with van der Waals surface area (Å²) < 4.78 is 71.9. The topological polar surface area (TPSA) is 87.5 Å². The lowest BCUT2D eigenvalue weighted by atomic mass is 10.1. The summed E-state index contributed by atoms with van der Waals surface area (Å²) in [5, 5.41) is 3.96. The lowest BCUT2D eigenvalue weighted by molar-refractivity contribution is -0.0500. The molecule has 0 spiro atoms. The summed E-state index contributed by atoms with van der Waals surface area (Å²) in [6.45, 7) is -0.0923. The van der Waals surface area contributed by atoms with E-state index in [1.54, 1.807) is 30.3 Å². The Morgan fingerprint density at radius 3 is 2.23 bits per heavy atom. The van der Waals surface area contributed by atoms with Crippen molar-refractivity contribution in [3.8, 4) is 22.6 Å². The molecule has 3 aromatic rings. The van der Waals surface area contributed by atoms with Crippen LogP contribution in [0.5, 0.6) is 11.5 Å². The highest BCUT2D eigenvalue weighted by atomic mass is 32.2. The van der Waals surface area contributed by atoms with Crippen LogP contribution in [-0.4, -0.2) is 30.8 Å². The van der Waals surface area contributed by atoms with E-state index in [9.17, 15) is 26.4 Å². The second-order valence-electron chi connectivity index (χ2n) is 6.05. The molecule has 0 N–H and O–H groups in total. The van der Waals surface area contributed by atoms with Crippen molar-refractivity contribution >= 4 is 10.1 Å². The normalized spacial score (nSPS) is 11.9. The Hall–Kier alpha value is -3.34. The molecular weight excluding hydrogens is 425 g/mol. The van der Waals surface area contributed by atoms with E-state index < -0.39 is 26.9 Å². The maximum Gasteiger partial charge on any atom is 0.534 e. The molecule has 0 saturated carbocycles. The molecule has 0 unspecified atom stereocenters. The number of methoxy groups -OCH3 is 1. The fourth-order valence-electron chi connectivity index (χ4n) is 2.55. The lowest BCUT2D eigenvalue weighted by Crippen LogP contribution is -2.32. The summed E-state index contributed by atoms with van der Waals surface area (Å²) in [4.78, 5) is 12.8. The molecule has 0 saturated heterocycles. The first-order chi connectivity index (χ1) is 14.1. The first-order valence-electron chi connectivity index (χ1n) is 8.41. The van der Waals surface area contributed by atoms with Crippen molar-refractivity contribution in [1.29, 1.82) is 0 Å². The molecule has 158 valence electrons. The molecule has 0 aliphatic carbocycles. The second kappa shape index (κ2) is 8.19.